The van der Waals surface area contributed by atoms with E-state index in [0.717, 1.165) is 23.1 Å². The van der Waals surface area contributed by atoms with Crippen LogP contribution in [0.25, 0.3) is 10.9 Å². The van der Waals surface area contributed by atoms with E-state index in [0.29, 0.717) is 27.8 Å². The number of fused-ring (bicyclic) bond motifs is 1. The van der Waals surface area contributed by atoms with Gasteiger partial charge in [0.2, 0.25) is 5.88 Å². The number of hydrogen-bond donors (Lipinski definition) is 2. The zero-order valence-corrected chi connectivity index (χ0v) is 16.4. The van der Waals surface area contributed by atoms with Crippen molar-refractivity contribution < 1.29 is 9.53 Å². The number of carbonyl (C=O) groups excluding carboxylic acids is 1. The third kappa shape index (κ3) is 5.00. The SMILES string of the molecule is CNc1ccnc(Cl)c1N.O=Cc1cccc2ccc(Oc3ccccc3)nc12. The Labute approximate surface area is 173 Å². The van der Waals surface area contributed by atoms with Gasteiger partial charge in [0.05, 0.1) is 16.9 Å². The Kier molecular flexibility index (Phi) is 6.60. The van der Waals surface area contributed by atoms with Gasteiger partial charge in [-0.05, 0) is 30.3 Å². The van der Waals surface area contributed by atoms with E-state index in [-0.39, 0.29) is 0 Å². The summed E-state index contributed by atoms with van der Waals surface area (Å²) in [6, 6.07) is 20.4. The molecule has 0 aliphatic rings. The van der Waals surface area contributed by atoms with E-state index < -0.39 is 0 Å². The summed E-state index contributed by atoms with van der Waals surface area (Å²) in [7, 11) is 1.78. The molecule has 0 atom stereocenters. The van der Waals surface area contributed by atoms with Crippen LogP contribution in [0.15, 0.2) is 72.9 Å². The molecule has 0 aliphatic heterocycles. The van der Waals surface area contributed by atoms with E-state index in [4.69, 9.17) is 22.1 Å². The molecule has 3 N–H and O–H groups in total. The van der Waals surface area contributed by atoms with E-state index in [2.05, 4.69) is 15.3 Å². The van der Waals surface area contributed by atoms with Crippen molar-refractivity contribution >= 4 is 40.2 Å². The first-order valence-electron chi connectivity index (χ1n) is 8.78. The lowest BCUT2D eigenvalue weighted by Crippen LogP contribution is -1.96. The zero-order valence-electron chi connectivity index (χ0n) is 15.7. The molecule has 0 amide bonds. The van der Waals surface area contributed by atoms with Crippen molar-refractivity contribution in [2.24, 2.45) is 0 Å². The number of carbonyl (C=O) groups is 1. The third-order valence-electron chi connectivity index (χ3n) is 4.03. The summed E-state index contributed by atoms with van der Waals surface area (Å²) in [6.45, 7) is 0. The Morgan fingerprint density at radius 1 is 1.03 bits per heavy atom. The minimum Gasteiger partial charge on any atom is -0.439 e. The second kappa shape index (κ2) is 9.52. The van der Waals surface area contributed by atoms with Crippen molar-refractivity contribution in [2.45, 2.75) is 0 Å². The number of nitrogens with one attached hydrogen (secondary N) is 1. The van der Waals surface area contributed by atoms with Gasteiger partial charge in [-0.2, -0.15) is 0 Å². The lowest BCUT2D eigenvalue weighted by Gasteiger charge is -2.06. The highest BCUT2D eigenvalue weighted by atomic mass is 35.5. The van der Waals surface area contributed by atoms with Crippen LogP contribution in [-0.4, -0.2) is 23.3 Å². The summed E-state index contributed by atoms with van der Waals surface area (Å²) >= 11 is 5.62. The highest BCUT2D eigenvalue weighted by Crippen LogP contribution is 2.24. The van der Waals surface area contributed by atoms with Crippen molar-refractivity contribution in [3.8, 4) is 11.6 Å². The number of anilines is 2. The number of benzene rings is 2. The monoisotopic (exact) mass is 406 g/mol. The highest BCUT2D eigenvalue weighted by molar-refractivity contribution is 6.32. The number of nitrogens with two attached hydrogens (primary N) is 1. The minimum atomic E-state index is 0.340. The van der Waals surface area contributed by atoms with Gasteiger partial charge in [-0.1, -0.05) is 41.9 Å². The number of para-hydroxylation sites is 2. The van der Waals surface area contributed by atoms with Crippen molar-refractivity contribution in [3.05, 3.63) is 83.6 Å². The van der Waals surface area contributed by atoms with Crippen LogP contribution >= 0.6 is 11.6 Å². The molecule has 0 radical (unpaired) electrons. The van der Waals surface area contributed by atoms with E-state index in [1.54, 1.807) is 31.4 Å². The van der Waals surface area contributed by atoms with Crippen molar-refractivity contribution in [1.82, 2.24) is 9.97 Å². The normalized spacial score (nSPS) is 10.0. The summed E-state index contributed by atoms with van der Waals surface area (Å²) < 4.78 is 5.66. The fourth-order valence-electron chi connectivity index (χ4n) is 2.58. The summed E-state index contributed by atoms with van der Waals surface area (Å²) in [6.07, 6.45) is 2.41. The minimum absolute atomic E-state index is 0.340. The first-order chi connectivity index (χ1) is 14.1. The van der Waals surface area contributed by atoms with Crippen molar-refractivity contribution in [3.63, 3.8) is 0 Å². The topological polar surface area (TPSA) is 90.1 Å². The summed E-state index contributed by atoms with van der Waals surface area (Å²) in [5, 5.41) is 4.15. The van der Waals surface area contributed by atoms with Crippen LogP contribution in [0.1, 0.15) is 10.4 Å². The number of rotatable bonds is 4. The lowest BCUT2D eigenvalue weighted by atomic mass is 10.1. The molecule has 2 heterocycles. The molecule has 29 heavy (non-hydrogen) atoms. The maximum atomic E-state index is 11.0. The number of pyridine rings is 2. The average molecular weight is 407 g/mol. The standard InChI is InChI=1S/C16H11NO2.C6H8ClN3/c18-11-13-6-4-5-12-9-10-15(17-16(12)13)19-14-7-2-1-3-8-14;1-9-4-2-3-10-6(7)5(4)8/h1-11H;2-3H,8H2,1H3,(H,9,10). The second-order valence-corrected chi connectivity index (χ2v) is 6.27. The molecule has 0 fully saturated rings. The highest BCUT2D eigenvalue weighted by Gasteiger charge is 2.04. The molecule has 0 spiro atoms. The summed E-state index contributed by atoms with van der Waals surface area (Å²) in [5.74, 6) is 1.20. The summed E-state index contributed by atoms with van der Waals surface area (Å²) in [5.41, 5.74) is 8.06. The van der Waals surface area contributed by atoms with Crippen LogP contribution in [0, 0.1) is 0 Å². The number of ether oxygens (including phenoxy) is 1. The molecule has 146 valence electrons. The maximum absolute atomic E-state index is 11.0. The fourth-order valence-corrected chi connectivity index (χ4v) is 2.74. The molecule has 2 aromatic carbocycles. The first kappa shape index (κ1) is 20.1. The molecule has 0 saturated carbocycles. The summed E-state index contributed by atoms with van der Waals surface area (Å²) in [4.78, 5) is 19.2. The van der Waals surface area contributed by atoms with Crippen LogP contribution in [0.4, 0.5) is 11.4 Å². The van der Waals surface area contributed by atoms with Crippen molar-refractivity contribution in [2.75, 3.05) is 18.1 Å². The van der Waals surface area contributed by atoms with Gasteiger partial charge >= 0.3 is 0 Å². The number of nitrogens with zero attached hydrogens (tertiary/aromatic N) is 2. The molecule has 2 aromatic heterocycles. The number of nitrogen functional groups attached to an aromatic ring is 1. The Hall–Kier alpha value is -3.64. The molecule has 6 nitrogen and oxygen atoms in total. The zero-order chi connectivity index (χ0) is 20.6. The molecular formula is C22H19ClN4O2. The van der Waals surface area contributed by atoms with Gasteiger partial charge in [0.15, 0.2) is 11.4 Å². The Bertz CT molecular complexity index is 1120. The first-order valence-corrected chi connectivity index (χ1v) is 9.15. The van der Waals surface area contributed by atoms with Crippen LogP contribution in [0.5, 0.6) is 11.6 Å². The molecule has 0 saturated heterocycles. The van der Waals surface area contributed by atoms with Gasteiger partial charge < -0.3 is 15.8 Å². The molecular weight excluding hydrogens is 388 g/mol. The van der Waals surface area contributed by atoms with Gasteiger partial charge in [0.1, 0.15) is 5.75 Å². The molecule has 0 unspecified atom stereocenters. The van der Waals surface area contributed by atoms with Crippen LogP contribution < -0.4 is 15.8 Å². The molecule has 4 aromatic rings. The fraction of sp³-hybridized carbons (Fsp3) is 0.0455. The molecule has 0 bridgehead atoms. The van der Waals surface area contributed by atoms with Gasteiger partial charge in [-0.3, -0.25) is 4.79 Å². The van der Waals surface area contributed by atoms with Crippen LogP contribution in [-0.2, 0) is 0 Å². The number of hydrogen-bond acceptors (Lipinski definition) is 6. The second-order valence-electron chi connectivity index (χ2n) is 5.91. The Balaban J connectivity index is 0.000000204. The number of halogens is 1. The molecule has 0 aliphatic carbocycles. The van der Waals surface area contributed by atoms with E-state index >= 15 is 0 Å². The predicted octanol–water partition coefficient (Wildman–Crippen LogP) is 5.20. The lowest BCUT2D eigenvalue weighted by molar-refractivity contribution is 0.112. The van der Waals surface area contributed by atoms with Gasteiger partial charge in [-0.25, -0.2) is 9.97 Å². The van der Waals surface area contributed by atoms with E-state index in [9.17, 15) is 4.79 Å². The van der Waals surface area contributed by atoms with Crippen LogP contribution in [0.2, 0.25) is 5.15 Å². The van der Waals surface area contributed by atoms with Gasteiger partial charge in [0.25, 0.3) is 0 Å². The number of aromatic nitrogens is 2. The molecule has 7 heteroatoms. The number of aldehydes is 1. The smallest absolute Gasteiger partial charge is 0.219 e. The average Bonchev–Trinajstić information content (AvgIpc) is 2.76. The van der Waals surface area contributed by atoms with Gasteiger partial charge in [-0.15, -0.1) is 0 Å². The predicted molar refractivity (Wildman–Crippen MR) is 117 cm³/mol. The third-order valence-corrected chi connectivity index (χ3v) is 4.33. The van der Waals surface area contributed by atoms with E-state index in [1.165, 1.54) is 0 Å². The van der Waals surface area contributed by atoms with E-state index in [1.807, 2.05) is 48.5 Å². The Morgan fingerprint density at radius 2 is 1.83 bits per heavy atom. The maximum Gasteiger partial charge on any atom is 0.219 e. The quantitative estimate of drug-likeness (QED) is 0.357. The Morgan fingerprint density at radius 3 is 2.52 bits per heavy atom. The van der Waals surface area contributed by atoms with Gasteiger partial charge in [0, 0.05) is 30.3 Å². The molecule has 4 rings (SSSR count). The largest absolute Gasteiger partial charge is 0.439 e. The van der Waals surface area contributed by atoms with Crippen molar-refractivity contribution in [1.29, 1.82) is 0 Å². The van der Waals surface area contributed by atoms with Crippen LogP contribution in [0.3, 0.4) is 0 Å².